The summed E-state index contributed by atoms with van der Waals surface area (Å²) in [5, 5.41) is 13.0. The van der Waals surface area contributed by atoms with Crippen molar-refractivity contribution in [3.05, 3.63) is 0 Å². The van der Waals surface area contributed by atoms with Crippen LogP contribution in [0.5, 0.6) is 0 Å². The Hall–Kier alpha value is -0.160. The number of likely N-dealkylation sites (tertiary alicyclic amines) is 1. The average molecular weight is 282 g/mol. The zero-order valence-electron chi connectivity index (χ0n) is 12.6. The quantitative estimate of drug-likeness (QED) is 0.769. The fourth-order valence-electron chi connectivity index (χ4n) is 3.68. The minimum Gasteiger partial charge on any atom is -0.396 e. The number of nitrogens with zero attached hydrogens (tertiary/aromatic N) is 1. The minimum absolute atomic E-state index is 0.326. The second-order valence-electron chi connectivity index (χ2n) is 7.21. The molecule has 2 N–H and O–H groups in total. The monoisotopic (exact) mass is 282 g/mol. The molecular weight excluding hydrogens is 252 g/mol. The smallest absolute Gasteiger partial charge is 0.0546 e. The van der Waals surface area contributed by atoms with Gasteiger partial charge in [0, 0.05) is 37.8 Å². The van der Waals surface area contributed by atoms with Gasteiger partial charge in [0.1, 0.15) is 0 Å². The molecule has 116 valence electrons. The number of nitrogens with one attached hydrogen (secondary N) is 1. The van der Waals surface area contributed by atoms with Crippen LogP contribution in [-0.4, -0.2) is 62.0 Å². The van der Waals surface area contributed by atoms with Gasteiger partial charge in [0.2, 0.25) is 0 Å². The standard InChI is InChI=1S/C16H30N2O2/c19-10-14-4-7-18(8-5-14)12-16(6-1-9-20-13-16)11-17-15-2-3-15/h14-15,17,19H,1-13H2. The Morgan fingerprint density at radius 2 is 2.00 bits per heavy atom. The lowest BCUT2D eigenvalue weighted by Crippen LogP contribution is -2.51. The number of rotatable bonds is 6. The van der Waals surface area contributed by atoms with Crippen molar-refractivity contribution in [1.82, 2.24) is 10.2 Å². The molecule has 20 heavy (non-hydrogen) atoms. The van der Waals surface area contributed by atoms with E-state index in [0.29, 0.717) is 17.9 Å². The molecule has 0 radical (unpaired) electrons. The molecule has 0 aromatic carbocycles. The van der Waals surface area contributed by atoms with E-state index in [0.717, 1.165) is 51.7 Å². The second-order valence-corrected chi connectivity index (χ2v) is 7.21. The maximum Gasteiger partial charge on any atom is 0.0546 e. The van der Waals surface area contributed by atoms with Crippen molar-refractivity contribution in [1.29, 1.82) is 0 Å². The van der Waals surface area contributed by atoms with Crippen LogP contribution >= 0.6 is 0 Å². The van der Waals surface area contributed by atoms with Crippen LogP contribution in [0.1, 0.15) is 38.5 Å². The summed E-state index contributed by atoms with van der Waals surface area (Å²) >= 11 is 0. The summed E-state index contributed by atoms with van der Waals surface area (Å²) < 4.78 is 5.82. The number of hydrogen-bond donors (Lipinski definition) is 2. The highest BCUT2D eigenvalue weighted by atomic mass is 16.5. The zero-order valence-corrected chi connectivity index (χ0v) is 12.6. The number of hydrogen-bond acceptors (Lipinski definition) is 4. The van der Waals surface area contributed by atoms with E-state index < -0.39 is 0 Å². The number of aliphatic hydroxyl groups excluding tert-OH is 1. The summed E-state index contributed by atoms with van der Waals surface area (Å²) in [4.78, 5) is 2.61. The Kier molecular flexibility index (Phi) is 4.97. The van der Waals surface area contributed by atoms with Gasteiger partial charge in [0.25, 0.3) is 0 Å². The van der Waals surface area contributed by atoms with Crippen molar-refractivity contribution in [3.63, 3.8) is 0 Å². The van der Waals surface area contributed by atoms with E-state index in [1.807, 2.05) is 0 Å². The molecule has 0 aromatic rings. The Balaban J connectivity index is 1.52. The third kappa shape index (κ3) is 3.94. The molecule has 1 saturated carbocycles. The molecule has 2 aliphatic heterocycles. The van der Waals surface area contributed by atoms with E-state index in [1.54, 1.807) is 0 Å². The molecule has 1 aliphatic carbocycles. The Labute approximate surface area is 122 Å². The average Bonchev–Trinajstić information content (AvgIpc) is 3.31. The Morgan fingerprint density at radius 1 is 1.20 bits per heavy atom. The lowest BCUT2D eigenvalue weighted by molar-refractivity contribution is -0.0321. The van der Waals surface area contributed by atoms with Crippen LogP contribution in [-0.2, 0) is 4.74 Å². The highest BCUT2D eigenvalue weighted by Gasteiger charge is 2.37. The molecule has 3 rings (SSSR count). The largest absolute Gasteiger partial charge is 0.396 e. The van der Waals surface area contributed by atoms with Crippen molar-refractivity contribution >= 4 is 0 Å². The predicted molar refractivity (Wildman–Crippen MR) is 79.8 cm³/mol. The summed E-state index contributed by atoms with van der Waals surface area (Å²) in [7, 11) is 0. The highest BCUT2D eigenvalue weighted by Crippen LogP contribution is 2.32. The first kappa shape index (κ1) is 14.8. The third-order valence-electron chi connectivity index (χ3n) is 5.27. The third-order valence-corrected chi connectivity index (χ3v) is 5.27. The van der Waals surface area contributed by atoms with E-state index in [9.17, 15) is 5.11 Å². The first-order chi connectivity index (χ1) is 9.80. The molecule has 4 heteroatoms. The van der Waals surface area contributed by atoms with Crippen molar-refractivity contribution in [2.45, 2.75) is 44.6 Å². The molecule has 0 bridgehead atoms. The van der Waals surface area contributed by atoms with Gasteiger partial charge in [-0.1, -0.05) is 0 Å². The van der Waals surface area contributed by atoms with E-state index in [2.05, 4.69) is 10.2 Å². The van der Waals surface area contributed by atoms with E-state index in [1.165, 1.54) is 32.2 Å². The fraction of sp³-hybridized carbons (Fsp3) is 1.00. The minimum atomic E-state index is 0.326. The number of aliphatic hydroxyl groups is 1. The van der Waals surface area contributed by atoms with Crippen molar-refractivity contribution in [3.8, 4) is 0 Å². The van der Waals surface area contributed by atoms with Gasteiger partial charge in [-0.25, -0.2) is 0 Å². The number of ether oxygens (including phenoxy) is 1. The van der Waals surface area contributed by atoms with Crippen molar-refractivity contribution < 1.29 is 9.84 Å². The van der Waals surface area contributed by atoms with Crippen LogP contribution in [0.2, 0.25) is 0 Å². The summed E-state index contributed by atoms with van der Waals surface area (Å²) in [5.41, 5.74) is 0.326. The van der Waals surface area contributed by atoms with E-state index in [4.69, 9.17) is 4.74 Å². The van der Waals surface area contributed by atoms with Gasteiger partial charge in [-0.2, -0.15) is 0 Å². The molecule has 0 amide bonds. The highest BCUT2D eigenvalue weighted by molar-refractivity contribution is 4.92. The van der Waals surface area contributed by atoms with Gasteiger partial charge in [-0.05, 0) is 57.5 Å². The Morgan fingerprint density at radius 3 is 2.60 bits per heavy atom. The molecule has 0 spiro atoms. The van der Waals surface area contributed by atoms with Gasteiger partial charge in [-0.15, -0.1) is 0 Å². The second kappa shape index (κ2) is 6.73. The van der Waals surface area contributed by atoms with Gasteiger partial charge in [0.15, 0.2) is 0 Å². The van der Waals surface area contributed by atoms with Gasteiger partial charge < -0.3 is 20.1 Å². The lowest BCUT2D eigenvalue weighted by atomic mass is 9.81. The first-order valence-electron chi connectivity index (χ1n) is 8.44. The molecule has 1 atom stereocenters. The predicted octanol–water partition coefficient (Wildman–Crippen LogP) is 1.24. The summed E-state index contributed by atoms with van der Waals surface area (Å²) in [6, 6.07) is 0.786. The van der Waals surface area contributed by atoms with Crippen LogP contribution in [0.3, 0.4) is 0 Å². The van der Waals surface area contributed by atoms with Crippen molar-refractivity contribution in [2.75, 3.05) is 46.0 Å². The van der Waals surface area contributed by atoms with Gasteiger partial charge in [0.05, 0.1) is 6.61 Å². The Bertz CT molecular complexity index is 293. The van der Waals surface area contributed by atoms with Gasteiger partial charge in [-0.3, -0.25) is 0 Å². The number of piperidine rings is 1. The summed E-state index contributed by atoms with van der Waals surface area (Å²) in [6.45, 7) is 6.82. The molecule has 2 heterocycles. The maximum absolute atomic E-state index is 9.25. The summed E-state index contributed by atoms with van der Waals surface area (Å²) in [6.07, 6.45) is 7.54. The van der Waals surface area contributed by atoms with Crippen LogP contribution < -0.4 is 5.32 Å². The zero-order chi connectivity index (χ0) is 13.8. The lowest BCUT2D eigenvalue weighted by Gasteiger charge is -2.43. The van der Waals surface area contributed by atoms with E-state index in [-0.39, 0.29) is 0 Å². The first-order valence-corrected chi connectivity index (χ1v) is 8.44. The van der Waals surface area contributed by atoms with E-state index >= 15 is 0 Å². The van der Waals surface area contributed by atoms with Crippen LogP contribution in [0.25, 0.3) is 0 Å². The SMILES string of the molecule is OCC1CCN(CC2(CNC3CC3)CCCOC2)CC1. The molecule has 0 aromatic heterocycles. The molecule has 4 nitrogen and oxygen atoms in total. The normalized spacial score (nSPS) is 33.5. The molecule has 2 saturated heterocycles. The summed E-state index contributed by atoms with van der Waals surface area (Å²) in [5.74, 6) is 0.536. The van der Waals surface area contributed by atoms with Gasteiger partial charge >= 0.3 is 0 Å². The van der Waals surface area contributed by atoms with Crippen LogP contribution in [0, 0.1) is 11.3 Å². The van der Waals surface area contributed by atoms with Crippen molar-refractivity contribution in [2.24, 2.45) is 11.3 Å². The molecule has 1 unspecified atom stereocenters. The van der Waals surface area contributed by atoms with Crippen LogP contribution in [0.15, 0.2) is 0 Å². The molecular formula is C16H30N2O2. The molecule has 3 aliphatic rings. The van der Waals surface area contributed by atoms with Crippen LogP contribution in [0.4, 0.5) is 0 Å². The maximum atomic E-state index is 9.25. The molecule has 3 fully saturated rings. The topological polar surface area (TPSA) is 44.7 Å². The fourth-order valence-corrected chi connectivity index (χ4v) is 3.68.